The third-order valence-electron chi connectivity index (χ3n) is 5.25. The average Bonchev–Trinajstić information content (AvgIpc) is 2.68. The molecule has 1 saturated carbocycles. The molecule has 0 heterocycles. The summed E-state index contributed by atoms with van der Waals surface area (Å²) < 4.78 is 5.01. The van der Waals surface area contributed by atoms with Gasteiger partial charge in [-0.05, 0) is 31.2 Å². The maximum Gasteiger partial charge on any atom is 0.307 e. The molecule has 1 aliphatic carbocycles. The Bertz CT molecular complexity index is 538. The van der Waals surface area contributed by atoms with Crippen LogP contribution in [0.1, 0.15) is 63.9 Å². The van der Waals surface area contributed by atoms with Crippen LogP contribution in [0.3, 0.4) is 0 Å². The quantitative estimate of drug-likeness (QED) is 0.583. The van der Waals surface area contributed by atoms with E-state index in [1.165, 1.54) is 37.7 Å². The van der Waals surface area contributed by atoms with Crippen LogP contribution in [-0.4, -0.2) is 36.5 Å². The molecule has 2 rings (SSSR count). The number of carbonyl (C=O) groups excluding carboxylic acids is 2. The number of carbonyl (C=O) groups is 2. The third kappa shape index (κ3) is 7.59. The monoisotopic (exact) mass is 359 g/mol. The van der Waals surface area contributed by atoms with Gasteiger partial charge < -0.3 is 9.64 Å². The number of benzene rings is 1. The van der Waals surface area contributed by atoms with E-state index in [4.69, 9.17) is 4.74 Å². The van der Waals surface area contributed by atoms with Crippen LogP contribution >= 0.6 is 0 Å². The highest BCUT2D eigenvalue weighted by atomic mass is 16.5. The molecular formula is C22H33NO3. The van der Waals surface area contributed by atoms with Crippen LogP contribution < -0.4 is 0 Å². The molecule has 1 aliphatic rings. The van der Waals surface area contributed by atoms with E-state index in [0.29, 0.717) is 32.0 Å². The van der Waals surface area contributed by atoms with E-state index in [1.807, 2.05) is 23.1 Å². The minimum atomic E-state index is -0.225. The Balaban J connectivity index is 1.84. The zero-order valence-electron chi connectivity index (χ0n) is 16.1. The van der Waals surface area contributed by atoms with Gasteiger partial charge in [-0.2, -0.15) is 0 Å². The van der Waals surface area contributed by atoms with Crippen molar-refractivity contribution in [1.82, 2.24) is 4.90 Å². The summed E-state index contributed by atoms with van der Waals surface area (Å²) >= 11 is 0. The molecule has 0 bridgehead atoms. The molecule has 4 heteroatoms. The summed E-state index contributed by atoms with van der Waals surface area (Å²) in [7, 11) is 0. The van der Waals surface area contributed by atoms with Crippen molar-refractivity contribution in [3.05, 3.63) is 35.9 Å². The van der Waals surface area contributed by atoms with Crippen molar-refractivity contribution in [2.24, 2.45) is 5.92 Å². The van der Waals surface area contributed by atoms with Gasteiger partial charge in [-0.15, -0.1) is 0 Å². The summed E-state index contributed by atoms with van der Waals surface area (Å²) in [6.07, 6.45) is 9.16. The van der Waals surface area contributed by atoms with Crippen LogP contribution in [0.25, 0.3) is 0 Å². The Morgan fingerprint density at radius 2 is 1.77 bits per heavy atom. The topological polar surface area (TPSA) is 46.6 Å². The van der Waals surface area contributed by atoms with Crippen LogP contribution in [0.5, 0.6) is 0 Å². The molecule has 4 nitrogen and oxygen atoms in total. The molecule has 0 aromatic heterocycles. The molecule has 0 N–H and O–H groups in total. The van der Waals surface area contributed by atoms with Crippen molar-refractivity contribution in [2.75, 3.05) is 19.7 Å². The van der Waals surface area contributed by atoms with Crippen LogP contribution in [0, 0.1) is 5.92 Å². The first-order valence-corrected chi connectivity index (χ1v) is 10.2. The summed E-state index contributed by atoms with van der Waals surface area (Å²) in [6.45, 7) is 3.31. The first kappa shape index (κ1) is 20.5. The van der Waals surface area contributed by atoms with Crippen molar-refractivity contribution in [1.29, 1.82) is 0 Å². The largest absolute Gasteiger partial charge is 0.466 e. The molecule has 0 saturated heterocycles. The van der Waals surface area contributed by atoms with E-state index in [1.54, 1.807) is 6.92 Å². The fourth-order valence-electron chi connectivity index (χ4n) is 3.69. The zero-order chi connectivity index (χ0) is 18.6. The van der Waals surface area contributed by atoms with E-state index in [2.05, 4.69) is 12.1 Å². The molecule has 1 aromatic carbocycles. The smallest absolute Gasteiger partial charge is 0.307 e. The molecule has 0 atom stereocenters. The number of hydrogen-bond acceptors (Lipinski definition) is 3. The van der Waals surface area contributed by atoms with Gasteiger partial charge in [-0.1, -0.05) is 62.4 Å². The van der Waals surface area contributed by atoms with Gasteiger partial charge in [-0.25, -0.2) is 0 Å². The lowest BCUT2D eigenvalue weighted by atomic mass is 9.86. The summed E-state index contributed by atoms with van der Waals surface area (Å²) in [6, 6.07) is 10.2. The number of esters is 1. The number of nitrogens with zero attached hydrogens (tertiary/aromatic N) is 1. The van der Waals surface area contributed by atoms with E-state index in [9.17, 15) is 9.59 Å². The summed E-state index contributed by atoms with van der Waals surface area (Å²) in [5.74, 6) is 0.654. The predicted molar refractivity (Wildman–Crippen MR) is 104 cm³/mol. The number of hydrogen-bond donors (Lipinski definition) is 0. The Hall–Kier alpha value is -1.84. The second kappa shape index (κ2) is 11.7. The normalized spacial score (nSPS) is 14.8. The van der Waals surface area contributed by atoms with Gasteiger partial charge in [0.05, 0.1) is 13.0 Å². The van der Waals surface area contributed by atoms with E-state index >= 15 is 0 Å². The van der Waals surface area contributed by atoms with Crippen molar-refractivity contribution in [2.45, 2.75) is 64.7 Å². The van der Waals surface area contributed by atoms with Crippen molar-refractivity contribution < 1.29 is 14.3 Å². The van der Waals surface area contributed by atoms with Gasteiger partial charge in [0.25, 0.3) is 0 Å². The number of ether oxygens (including phenoxy) is 1. The molecule has 26 heavy (non-hydrogen) atoms. The van der Waals surface area contributed by atoms with Gasteiger partial charge >= 0.3 is 5.97 Å². The van der Waals surface area contributed by atoms with E-state index in [-0.39, 0.29) is 18.3 Å². The molecular weight excluding hydrogens is 326 g/mol. The summed E-state index contributed by atoms with van der Waals surface area (Å²) in [5.41, 5.74) is 1.22. The van der Waals surface area contributed by atoms with Crippen LogP contribution in [0.4, 0.5) is 0 Å². The van der Waals surface area contributed by atoms with Crippen molar-refractivity contribution in [3.63, 3.8) is 0 Å². The first-order chi connectivity index (χ1) is 12.7. The molecule has 1 aromatic rings. The maximum absolute atomic E-state index is 12.8. The Morgan fingerprint density at radius 1 is 1.04 bits per heavy atom. The van der Waals surface area contributed by atoms with Crippen molar-refractivity contribution in [3.8, 4) is 0 Å². The van der Waals surface area contributed by atoms with Crippen molar-refractivity contribution >= 4 is 11.9 Å². The van der Waals surface area contributed by atoms with Crippen LogP contribution in [-0.2, 0) is 20.7 Å². The number of rotatable bonds is 10. The molecule has 144 valence electrons. The van der Waals surface area contributed by atoms with Gasteiger partial charge in [0.15, 0.2) is 0 Å². The third-order valence-corrected chi connectivity index (χ3v) is 5.25. The first-order valence-electron chi connectivity index (χ1n) is 10.2. The van der Waals surface area contributed by atoms with Gasteiger partial charge in [-0.3, -0.25) is 9.59 Å². The highest BCUT2D eigenvalue weighted by Crippen LogP contribution is 2.27. The second-order valence-corrected chi connectivity index (χ2v) is 7.21. The van der Waals surface area contributed by atoms with Gasteiger partial charge in [0.2, 0.25) is 5.91 Å². The predicted octanol–water partition coefficient (Wildman–Crippen LogP) is 4.37. The minimum absolute atomic E-state index is 0.177. The molecule has 0 aliphatic heterocycles. The van der Waals surface area contributed by atoms with Gasteiger partial charge in [0, 0.05) is 19.5 Å². The van der Waals surface area contributed by atoms with E-state index < -0.39 is 0 Å². The fraction of sp³-hybridized carbons (Fsp3) is 0.636. The SMILES string of the molecule is CCOC(=O)CCN(CCc1ccccc1)C(=O)CCC1CCCCC1. The molecule has 0 radical (unpaired) electrons. The fourth-order valence-corrected chi connectivity index (χ4v) is 3.69. The Morgan fingerprint density at radius 3 is 2.46 bits per heavy atom. The van der Waals surface area contributed by atoms with Crippen LogP contribution in [0.15, 0.2) is 30.3 Å². The number of amides is 1. The highest BCUT2D eigenvalue weighted by Gasteiger charge is 2.19. The molecule has 1 amide bonds. The minimum Gasteiger partial charge on any atom is -0.466 e. The molecule has 1 fully saturated rings. The average molecular weight is 360 g/mol. The lowest BCUT2D eigenvalue weighted by Crippen LogP contribution is -2.35. The standard InChI is InChI=1S/C22H33NO3/c1-2-26-22(25)16-18-23(17-15-20-11-7-4-8-12-20)21(24)14-13-19-9-5-3-6-10-19/h4,7-8,11-12,19H,2-3,5-6,9-10,13-18H2,1H3. The second-order valence-electron chi connectivity index (χ2n) is 7.21. The zero-order valence-corrected chi connectivity index (χ0v) is 16.1. The Labute approximate surface area is 157 Å². The summed E-state index contributed by atoms with van der Waals surface area (Å²) in [5, 5.41) is 0. The van der Waals surface area contributed by atoms with Gasteiger partial charge in [0.1, 0.15) is 0 Å². The lowest BCUT2D eigenvalue weighted by Gasteiger charge is -2.25. The lowest BCUT2D eigenvalue weighted by molar-refractivity contribution is -0.144. The maximum atomic E-state index is 12.8. The highest BCUT2D eigenvalue weighted by molar-refractivity contribution is 5.77. The van der Waals surface area contributed by atoms with E-state index in [0.717, 1.165) is 12.8 Å². The molecule has 0 spiro atoms. The molecule has 0 unspecified atom stereocenters. The Kier molecular flexibility index (Phi) is 9.22. The van der Waals surface area contributed by atoms with Crippen LogP contribution in [0.2, 0.25) is 0 Å². The summed E-state index contributed by atoms with van der Waals surface area (Å²) in [4.78, 5) is 26.3.